The summed E-state index contributed by atoms with van der Waals surface area (Å²) < 4.78 is 13.9. The van der Waals surface area contributed by atoms with Gasteiger partial charge in [-0.05, 0) is 49.9 Å². The number of carbonyl (C=O) groups excluding carboxylic acids is 1. The normalized spacial score (nSPS) is 24.8. The first-order chi connectivity index (χ1) is 12.2. The second-order valence-electron chi connectivity index (χ2n) is 6.78. The minimum absolute atomic E-state index is 0.168. The number of hydrogen-bond acceptors (Lipinski definition) is 4. The molecule has 0 aliphatic carbocycles. The van der Waals surface area contributed by atoms with E-state index in [9.17, 15) is 9.18 Å². The highest BCUT2D eigenvalue weighted by atomic mass is 19.1. The topological polar surface area (TPSA) is 66.0 Å². The third-order valence-corrected chi connectivity index (χ3v) is 4.99. The van der Waals surface area contributed by atoms with E-state index in [-0.39, 0.29) is 17.8 Å². The zero-order valence-electron chi connectivity index (χ0n) is 13.8. The number of nitrogens with one attached hydrogen (secondary N) is 3. The van der Waals surface area contributed by atoms with E-state index in [0.717, 1.165) is 12.8 Å². The Morgan fingerprint density at radius 1 is 1.12 bits per heavy atom. The summed E-state index contributed by atoms with van der Waals surface area (Å²) in [6.45, 7) is 0. The van der Waals surface area contributed by atoms with Crippen molar-refractivity contribution >= 4 is 17.4 Å². The number of pyridine rings is 1. The van der Waals surface area contributed by atoms with Gasteiger partial charge in [0.15, 0.2) is 0 Å². The van der Waals surface area contributed by atoms with Crippen LogP contribution in [0, 0.1) is 5.82 Å². The van der Waals surface area contributed by atoms with Crippen molar-refractivity contribution in [2.24, 2.45) is 0 Å². The minimum atomic E-state index is -0.380. The predicted octanol–water partition coefficient (Wildman–Crippen LogP) is 2.98. The average Bonchev–Trinajstić information content (AvgIpc) is 2.96. The molecular weight excluding hydrogens is 319 g/mol. The number of para-hydroxylation sites is 1. The van der Waals surface area contributed by atoms with E-state index in [2.05, 4.69) is 20.9 Å². The van der Waals surface area contributed by atoms with Crippen LogP contribution in [-0.2, 0) is 0 Å². The fourth-order valence-electron chi connectivity index (χ4n) is 3.82. The number of benzene rings is 1. The van der Waals surface area contributed by atoms with Crippen molar-refractivity contribution < 1.29 is 9.18 Å². The molecule has 6 heteroatoms. The maximum atomic E-state index is 13.9. The standard InChI is InChI=1S/C19H21FN4O/c20-16-5-1-2-6-17(16)24-18-15(4-3-9-21-18)19(25)23-14-10-12-7-8-13(11-14)22-12/h1-6,9,12-14,22H,7-8,10-11H2,(H,21,24)(H,23,25). The second kappa shape index (κ2) is 6.80. The first-order valence-corrected chi connectivity index (χ1v) is 8.72. The molecule has 0 radical (unpaired) electrons. The van der Waals surface area contributed by atoms with E-state index in [0.29, 0.717) is 29.2 Å². The summed E-state index contributed by atoms with van der Waals surface area (Å²) in [6.07, 6.45) is 5.87. The fourth-order valence-corrected chi connectivity index (χ4v) is 3.82. The van der Waals surface area contributed by atoms with Crippen molar-refractivity contribution in [2.45, 2.75) is 43.8 Å². The smallest absolute Gasteiger partial charge is 0.255 e. The molecule has 2 atom stereocenters. The van der Waals surface area contributed by atoms with Gasteiger partial charge in [-0.15, -0.1) is 0 Å². The molecule has 1 aromatic heterocycles. The largest absolute Gasteiger partial charge is 0.349 e. The van der Waals surface area contributed by atoms with Gasteiger partial charge in [-0.1, -0.05) is 12.1 Å². The van der Waals surface area contributed by atoms with E-state index in [1.807, 2.05) is 0 Å². The summed E-state index contributed by atoms with van der Waals surface area (Å²) >= 11 is 0. The van der Waals surface area contributed by atoms with E-state index < -0.39 is 0 Å². The molecule has 2 fully saturated rings. The molecule has 1 aromatic carbocycles. The van der Waals surface area contributed by atoms with Gasteiger partial charge in [-0.25, -0.2) is 9.37 Å². The van der Waals surface area contributed by atoms with Gasteiger partial charge in [0.05, 0.1) is 11.3 Å². The van der Waals surface area contributed by atoms with Crippen molar-refractivity contribution in [2.75, 3.05) is 5.32 Å². The maximum Gasteiger partial charge on any atom is 0.255 e. The molecule has 3 heterocycles. The van der Waals surface area contributed by atoms with Gasteiger partial charge in [0.1, 0.15) is 11.6 Å². The third kappa shape index (κ3) is 3.49. The van der Waals surface area contributed by atoms with Crippen LogP contribution in [0.5, 0.6) is 0 Å². The number of piperidine rings is 1. The monoisotopic (exact) mass is 340 g/mol. The predicted molar refractivity (Wildman–Crippen MR) is 94.4 cm³/mol. The molecule has 2 saturated heterocycles. The Balaban J connectivity index is 1.50. The summed E-state index contributed by atoms with van der Waals surface area (Å²) in [5.74, 6) is -0.185. The highest BCUT2D eigenvalue weighted by Crippen LogP contribution is 2.27. The molecule has 2 aliphatic rings. The van der Waals surface area contributed by atoms with E-state index in [4.69, 9.17) is 0 Å². The van der Waals surface area contributed by atoms with Crippen LogP contribution in [0.3, 0.4) is 0 Å². The van der Waals surface area contributed by atoms with Gasteiger partial charge in [-0.3, -0.25) is 4.79 Å². The summed E-state index contributed by atoms with van der Waals surface area (Å²) in [4.78, 5) is 17.0. The van der Waals surface area contributed by atoms with Crippen molar-refractivity contribution in [3.63, 3.8) is 0 Å². The number of anilines is 2. The van der Waals surface area contributed by atoms with Crippen molar-refractivity contribution in [1.29, 1.82) is 0 Å². The van der Waals surface area contributed by atoms with Crippen LogP contribution < -0.4 is 16.0 Å². The van der Waals surface area contributed by atoms with E-state index in [1.165, 1.54) is 18.9 Å². The lowest BCUT2D eigenvalue weighted by Crippen LogP contribution is -2.48. The molecule has 1 amide bonds. The Morgan fingerprint density at radius 3 is 2.64 bits per heavy atom. The van der Waals surface area contributed by atoms with Crippen LogP contribution in [0.4, 0.5) is 15.9 Å². The lowest BCUT2D eigenvalue weighted by Gasteiger charge is -2.29. The van der Waals surface area contributed by atoms with Gasteiger partial charge in [0.2, 0.25) is 0 Å². The highest BCUT2D eigenvalue weighted by Gasteiger charge is 2.34. The Hall–Kier alpha value is -2.47. The van der Waals surface area contributed by atoms with Crippen LogP contribution >= 0.6 is 0 Å². The number of amides is 1. The summed E-state index contributed by atoms with van der Waals surface area (Å²) in [5, 5.41) is 9.62. The van der Waals surface area contributed by atoms with Crippen LogP contribution in [0.2, 0.25) is 0 Å². The molecule has 2 unspecified atom stereocenters. The molecule has 0 spiro atoms. The zero-order valence-corrected chi connectivity index (χ0v) is 13.8. The highest BCUT2D eigenvalue weighted by molar-refractivity contribution is 5.99. The quantitative estimate of drug-likeness (QED) is 0.801. The molecule has 0 saturated carbocycles. The second-order valence-corrected chi connectivity index (χ2v) is 6.78. The first kappa shape index (κ1) is 16.0. The average molecular weight is 340 g/mol. The Bertz CT molecular complexity index is 770. The molecule has 5 nitrogen and oxygen atoms in total. The van der Waals surface area contributed by atoms with Gasteiger partial charge < -0.3 is 16.0 Å². The van der Waals surface area contributed by atoms with Crippen LogP contribution in [-0.4, -0.2) is 29.0 Å². The van der Waals surface area contributed by atoms with Crippen molar-refractivity contribution in [3.05, 3.63) is 54.0 Å². The summed E-state index contributed by atoms with van der Waals surface area (Å²) in [5.41, 5.74) is 0.729. The van der Waals surface area contributed by atoms with E-state index >= 15 is 0 Å². The zero-order chi connectivity index (χ0) is 17.2. The van der Waals surface area contributed by atoms with Gasteiger partial charge in [0.25, 0.3) is 5.91 Å². The number of hydrogen-bond donors (Lipinski definition) is 3. The number of fused-ring (bicyclic) bond motifs is 2. The lowest BCUT2D eigenvalue weighted by atomic mass is 9.99. The molecule has 2 aromatic rings. The minimum Gasteiger partial charge on any atom is -0.349 e. The molecule has 25 heavy (non-hydrogen) atoms. The number of carbonyl (C=O) groups is 1. The Morgan fingerprint density at radius 2 is 1.88 bits per heavy atom. The van der Waals surface area contributed by atoms with Crippen molar-refractivity contribution in [1.82, 2.24) is 15.6 Å². The summed E-state index contributed by atoms with van der Waals surface area (Å²) in [7, 11) is 0. The van der Waals surface area contributed by atoms with Crippen LogP contribution in [0.25, 0.3) is 0 Å². The molecule has 130 valence electrons. The molecule has 2 bridgehead atoms. The number of aromatic nitrogens is 1. The third-order valence-electron chi connectivity index (χ3n) is 4.99. The molecule has 3 N–H and O–H groups in total. The SMILES string of the molecule is O=C(NC1CC2CCC(C1)N2)c1cccnc1Nc1ccccc1F. The van der Waals surface area contributed by atoms with Gasteiger partial charge >= 0.3 is 0 Å². The number of nitrogens with zero attached hydrogens (tertiary/aromatic N) is 1. The Kier molecular flexibility index (Phi) is 4.36. The van der Waals surface area contributed by atoms with Crippen LogP contribution in [0.15, 0.2) is 42.6 Å². The maximum absolute atomic E-state index is 13.9. The first-order valence-electron chi connectivity index (χ1n) is 8.72. The number of rotatable bonds is 4. The van der Waals surface area contributed by atoms with E-state index in [1.54, 1.807) is 36.5 Å². The Labute approximate surface area is 146 Å². The fraction of sp³-hybridized carbons (Fsp3) is 0.368. The molecule has 4 rings (SSSR count). The lowest BCUT2D eigenvalue weighted by molar-refractivity contribution is 0.0924. The van der Waals surface area contributed by atoms with Crippen molar-refractivity contribution in [3.8, 4) is 0 Å². The number of halogens is 1. The van der Waals surface area contributed by atoms with Crippen LogP contribution in [0.1, 0.15) is 36.0 Å². The van der Waals surface area contributed by atoms with Gasteiger partial charge in [0, 0.05) is 24.3 Å². The van der Waals surface area contributed by atoms with Gasteiger partial charge in [-0.2, -0.15) is 0 Å². The molecular formula is C19H21FN4O. The summed E-state index contributed by atoms with van der Waals surface area (Å²) in [6, 6.07) is 11.0. The molecule has 2 aliphatic heterocycles.